The van der Waals surface area contributed by atoms with Crippen molar-refractivity contribution in [3.8, 4) is 78.6 Å². The molecule has 10 heteroatoms. The minimum Gasteiger partial charge on any atom is -0.203 e. The largest absolute Gasteiger partial charge is 0.203 e. The van der Waals surface area contributed by atoms with Crippen LogP contribution in [0.2, 0.25) is 39.3 Å². The Labute approximate surface area is 322 Å². The van der Waals surface area contributed by atoms with Gasteiger partial charge < -0.3 is 0 Å². The molecule has 0 unspecified atom stereocenters. The van der Waals surface area contributed by atoms with Gasteiger partial charge in [-0.2, -0.15) is 0 Å². The third kappa shape index (κ3) is 8.28. The molecular weight excluding hydrogens is 761 g/mol. The van der Waals surface area contributed by atoms with Crippen molar-refractivity contribution in [2.24, 2.45) is 0 Å². The second-order valence-electron chi connectivity index (χ2n) is 15.3. The fourth-order valence-corrected chi connectivity index (χ4v) is 6.92. The van der Waals surface area contributed by atoms with Crippen LogP contribution in [0.25, 0.3) is 55.6 Å². The van der Waals surface area contributed by atoms with E-state index in [4.69, 9.17) is 0 Å². The molecule has 0 aromatic heterocycles. The molecule has 6 rings (SSSR count). The quantitative estimate of drug-likeness (QED) is 0.0706. The minimum atomic E-state index is -2.23. The van der Waals surface area contributed by atoms with Crippen molar-refractivity contribution in [2.45, 2.75) is 39.3 Å². The van der Waals surface area contributed by atoms with Gasteiger partial charge in [-0.25, -0.2) is 35.1 Å². The highest BCUT2D eigenvalue weighted by atomic mass is 28.3. The topological polar surface area (TPSA) is 0 Å². The fraction of sp³-hybridized carbons (Fsp3) is 0.130. The molecule has 0 atom stereocenters. The predicted molar refractivity (Wildman–Crippen MR) is 214 cm³/mol. The van der Waals surface area contributed by atoms with Gasteiger partial charge in [0, 0.05) is 11.1 Å². The molecule has 0 aliphatic heterocycles. The first-order valence-corrected chi connectivity index (χ1v) is 24.5. The van der Waals surface area contributed by atoms with E-state index in [2.05, 4.69) is 62.2 Å². The molecule has 6 aromatic carbocycles. The monoisotopic (exact) mass is 794 g/mol. The van der Waals surface area contributed by atoms with Crippen LogP contribution in [-0.2, 0) is 0 Å². The lowest BCUT2D eigenvalue weighted by atomic mass is 9.93. The summed E-state index contributed by atoms with van der Waals surface area (Å²) < 4.78 is 125. The van der Waals surface area contributed by atoms with E-state index in [0.717, 1.165) is 22.3 Å². The maximum atomic E-state index is 15.6. The Morgan fingerprint density at radius 1 is 0.286 bits per heavy atom. The second-order valence-corrected chi connectivity index (χ2v) is 24.8. The van der Waals surface area contributed by atoms with Gasteiger partial charge in [-0.3, -0.25) is 0 Å². The summed E-state index contributed by atoms with van der Waals surface area (Å²) in [4.78, 5) is 0. The van der Waals surface area contributed by atoms with Crippen LogP contribution in [0.15, 0.2) is 97.1 Å². The second kappa shape index (κ2) is 15.5. The lowest BCUT2D eigenvalue weighted by Gasteiger charge is -2.16. The molecule has 0 N–H and O–H groups in total. The predicted octanol–water partition coefficient (Wildman–Crippen LogP) is 13.6. The number of benzene rings is 6. The molecule has 0 nitrogen and oxygen atoms in total. The highest BCUT2D eigenvalue weighted by molar-refractivity contribution is 6.84. The third-order valence-corrected chi connectivity index (χ3v) is 10.5. The van der Waals surface area contributed by atoms with Gasteiger partial charge in [0.15, 0.2) is 46.5 Å². The van der Waals surface area contributed by atoms with E-state index in [1.54, 1.807) is 24.3 Å². The summed E-state index contributed by atoms with van der Waals surface area (Å²) in [5.74, 6) is -10.7. The van der Waals surface area contributed by atoms with E-state index in [9.17, 15) is 0 Å². The minimum absolute atomic E-state index is 0.297. The zero-order chi connectivity index (χ0) is 40.7. The summed E-state index contributed by atoms with van der Waals surface area (Å²) in [5, 5.41) is 0. The Balaban J connectivity index is 1.31. The first-order valence-electron chi connectivity index (χ1n) is 17.5. The molecule has 56 heavy (non-hydrogen) atoms. The number of hydrogen-bond acceptors (Lipinski definition) is 0. The molecule has 0 aliphatic carbocycles. The zero-order valence-corrected chi connectivity index (χ0v) is 33.3. The van der Waals surface area contributed by atoms with E-state index < -0.39 is 84.9 Å². The maximum absolute atomic E-state index is 15.6. The van der Waals surface area contributed by atoms with Crippen molar-refractivity contribution in [2.75, 3.05) is 0 Å². The van der Waals surface area contributed by atoms with E-state index in [1.807, 2.05) is 24.3 Å². The van der Waals surface area contributed by atoms with Crippen molar-refractivity contribution >= 4 is 16.1 Å². The van der Waals surface area contributed by atoms with E-state index in [0.29, 0.717) is 11.1 Å². The van der Waals surface area contributed by atoms with Gasteiger partial charge in [0.25, 0.3) is 0 Å². The summed E-state index contributed by atoms with van der Waals surface area (Å²) in [7, 11) is -3.18. The van der Waals surface area contributed by atoms with Gasteiger partial charge >= 0.3 is 0 Å². The van der Waals surface area contributed by atoms with Gasteiger partial charge in [-0.15, -0.1) is 11.1 Å². The van der Waals surface area contributed by atoms with Crippen molar-refractivity contribution in [1.82, 2.24) is 0 Å². The maximum Gasteiger partial charge on any atom is 0.170 e. The van der Waals surface area contributed by atoms with Crippen molar-refractivity contribution in [3.63, 3.8) is 0 Å². The Kier molecular flexibility index (Phi) is 11.0. The van der Waals surface area contributed by atoms with Crippen LogP contribution < -0.4 is 0 Å². The summed E-state index contributed by atoms with van der Waals surface area (Å²) in [6.07, 6.45) is 0. The highest BCUT2D eigenvalue weighted by Gasteiger charge is 2.34. The molecule has 0 fully saturated rings. The summed E-state index contributed by atoms with van der Waals surface area (Å²) in [5.41, 5.74) is 4.04. The average Bonchev–Trinajstić information content (AvgIpc) is 3.16. The average molecular weight is 795 g/mol. The standard InChI is InChI=1S/C46H34F8Si2/c1-55(2,3)25-23-27-7-11-29(12-8-27)31-15-19-33(20-16-31)35-39(47)43(51)37(44(52)40(35)48)38-45(53)41(49)36(42(50)46(38)54)34-21-17-32(18-22-34)30-13-9-28(10-14-30)24-26-56(4,5)6/h7-22H,1-6H3. The molecule has 0 spiro atoms. The lowest BCUT2D eigenvalue weighted by Crippen LogP contribution is -2.16. The first kappa shape index (κ1) is 40.0. The first-order chi connectivity index (χ1) is 26.3. The Morgan fingerprint density at radius 2 is 0.482 bits per heavy atom. The van der Waals surface area contributed by atoms with Crippen LogP contribution >= 0.6 is 0 Å². The highest BCUT2D eigenvalue weighted by Crippen LogP contribution is 2.43. The smallest absolute Gasteiger partial charge is 0.170 e. The van der Waals surface area contributed by atoms with Gasteiger partial charge in [0.05, 0.1) is 22.3 Å². The van der Waals surface area contributed by atoms with Crippen molar-refractivity contribution in [3.05, 3.63) is 155 Å². The number of hydrogen-bond donors (Lipinski definition) is 0. The molecule has 0 aliphatic rings. The van der Waals surface area contributed by atoms with Crippen LogP contribution in [-0.4, -0.2) is 16.1 Å². The lowest BCUT2D eigenvalue weighted by molar-refractivity contribution is 0.446. The van der Waals surface area contributed by atoms with Crippen LogP contribution in [0.1, 0.15) is 11.1 Å². The molecule has 0 saturated carbocycles. The normalized spacial score (nSPS) is 11.5. The van der Waals surface area contributed by atoms with Crippen molar-refractivity contribution < 1.29 is 35.1 Å². The fourth-order valence-electron chi connectivity index (χ4n) is 5.88. The van der Waals surface area contributed by atoms with Gasteiger partial charge in [-0.1, -0.05) is 124 Å². The van der Waals surface area contributed by atoms with Crippen LogP contribution in [0.3, 0.4) is 0 Å². The van der Waals surface area contributed by atoms with Gasteiger partial charge in [0.2, 0.25) is 0 Å². The summed E-state index contributed by atoms with van der Waals surface area (Å²) >= 11 is 0. The number of rotatable bonds is 5. The Bertz CT molecular complexity index is 2350. The van der Waals surface area contributed by atoms with Gasteiger partial charge in [-0.05, 0) is 57.6 Å². The molecule has 6 aromatic rings. The Hall–Kier alpha value is -5.69. The zero-order valence-electron chi connectivity index (χ0n) is 31.3. The number of halogens is 8. The summed E-state index contributed by atoms with van der Waals surface area (Å²) in [6.45, 7) is 12.7. The van der Waals surface area contributed by atoms with E-state index in [1.165, 1.54) is 48.5 Å². The molecular formula is C46H34F8Si2. The molecule has 282 valence electrons. The molecule has 0 amide bonds. The molecule has 0 bridgehead atoms. The van der Waals surface area contributed by atoms with Crippen molar-refractivity contribution in [1.29, 1.82) is 0 Å². The summed E-state index contributed by atoms with van der Waals surface area (Å²) in [6, 6.07) is 25.2. The van der Waals surface area contributed by atoms with Crippen LogP contribution in [0.5, 0.6) is 0 Å². The molecule has 0 saturated heterocycles. The van der Waals surface area contributed by atoms with E-state index in [-0.39, 0.29) is 11.1 Å². The van der Waals surface area contributed by atoms with Crippen LogP contribution in [0, 0.1) is 69.5 Å². The molecule has 0 radical (unpaired) electrons. The molecule has 0 heterocycles. The van der Waals surface area contributed by atoms with Gasteiger partial charge in [0.1, 0.15) is 16.1 Å². The Morgan fingerprint density at radius 3 is 0.714 bits per heavy atom. The van der Waals surface area contributed by atoms with E-state index >= 15 is 35.1 Å². The SMILES string of the molecule is C[Si](C)(C)C#Cc1ccc(-c2ccc(-c3c(F)c(F)c(-c4c(F)c(F)c(-c5ccc(-c6ccc(C#C[Si](C)(C)C)cc6)cc5)c(F)c4F)c(F)c3F)cc2)cc1. The van der Waals surface area contributed by atoms with Crippen LogP contribution in [0.4, 0.5) is 35.1 Å². The third-order valence-electron chi connectivity index (χ3n) is 8.72.